The molecule has 21 heavy (non-hydrogen) atoms. The molecule has 1 N–H and O–H groups in total. The van der Waals surface area contributed by atoms with Gasteiger partial charge in [0.05, 0.1) is 22.6 Å². The Morgan fingerprint density at radius 2 is 1.90 bits per heavy atom. The molecule has 0 aliphatic carbocycles. The maximum Gasteiger partial charge on any atom is 0.324 e. The minimum absolute atomic E-state index is 0.0239. The smallest absolute Gasteiger partial charge is 0.324 e. The third-order valence-corrected chi connectivity index (χ3v) is 4.30. The van der Waals surface area contributed by atoms with E-state index in [2.05, 4.69) is 5.32 Å². The fourth-order valence-electron chi connectivity index (χ4n) is 2.40. The molecule has 6 nitrogen and oxygen atoms in total. The second kappa shape index (κ2) is 5.20. The van der Waals surface area contributed by atoms with Crippen molar-refractivity contribution >= 4 is 41.0 Å². The standard InChI is InChI=1S/C13H11Cl2N3O3/c14-9-2-1-7(3-10(9)15)12(20)17-5-8(6-17)18-11(19)4-16-13(18)21/h1-3,8H,4-6H2,(H,16,21). The number of likely N-dealkylation sites (tertiary alicyclic amines) is 1. The Bertz CT molecular complexity index is 628. The van der Waals surface area contributed by atoms with E-state index in [-0.39, 0.29) is 24.4 Å². The SMILES string of the molecule is O=C(c1ccc(Cl)c(Cl)c1)N1CC(N2C(=O)CNC2=O)C1. The first-order chi connectivity index (χ1) is 9.97. The van der Waals surface area contributed by atoms with Crippen molar-refractivity contribution in [3.63, 3.8) is 0 Å². The predicted molar refractivity (Wildman–Crippen MR) is 76.4 cm³/mol. The number of rotatable bonds is 2. The van der Waals surface area contributed by atoms with Gasteiger partial charge >= 0.3 is 6.03 Å². The number of nitrogens with zero attached hydrogens (tertiary/aromatic N) is 2. The normalized spacial score (nSPS) is 18.8. The van der Waals surface area contributed by atoms with Crippen LogP contribution in [0.4, 0.5) is 4.79 Å². The van der Waals surface area contributed by atoms with E-state index < -0.39 is 6.03 Å². The highest BCUT2D eigenvalue weighted by molar-refractivity contribution is 6.42. The number of nitrogens with one attached hydrogen (secondary N) is 1. The molecule has 8 heteroatoms. The van der Waals surface area contributed by atoms with Crippen molar-refractivity contribution in [2.75, 3.05) is 19.6 Å². The van der Waals surface area contributed by atoms with Crippen molar-refractivity contribution in [3.8, 4) is 0 Å². The van der Waals surface area contributed by atoms with Crippen molar-refractivity contribution in [3.05, 3.63) is 33.8 Å². The van der Waals surface area contributed by atoms with Crippen LogP contribution in [0.1, 0.15) is 10.4 Å². The molecule has 2 fully saturated rings. The van der Waals surface area contributed by atoms with Crippen LogP contribution in [-0.2, 0) is 4.79 Å². The highest BCUT2D eigenvalue weighted by Gasteiger charge is 2.43. The van der Waals surface area contributed by atoms with Crippen LogP contribution in [0.2, 0.25) is 10.0 Å². The molecule has 1 aromatic rings. The van der Waals surface area contributed by atoms with Crippen LogP contribution in [0, 0.1) is 0 Å². The Kier molecular flexibility index (Phi) is 3.51. The van der Waals surface area contributed by atoms with Gasteiger partial charge in [-0.25, -0.2) is 4.79 Å². The zero-order valence-corrected chi connectivity index (χ0v) is 12.3. The second-order valence-corrected chi connectivity index (χ2v) is 5.73. The first kappa shape index (κ1) is 14.2. The van der Waals surface area contributed by atoms with Gasteiger partial charge < -0.3 is 10.2 Å². The lowest BCUT2D eigenvalue weighted by molar-refractivity contribution is -0.128. The minimum atomic E-state index is -0.397. The van der Waals surface area contributed by atoms with Crippen LogP contribution in [-0.4, -0.2) is 53.3 Å². The molecule has 2 saturated heterocycles. The number of urea groups is 1. The molecule has 3 rings (SSSR count). The van der Waals surface area contributed by atoms with Crippen molar-refractivity contribution in [2.45, 2.75) is 6.04 Å². The summed E-state index contributed by atoms with van der Waals surface area (Å²) in [6, 6.07) is 4.01. The average Bonchev–Trinajstić information content (AvgIpc) is 2.72. The third kappa shape index (κ3) is 2.45. The van der Waals surface area contributed by atoms with Crippen molar-refractivity contribution in [1.29, 1.82) is 0 Å². The highest BCUT2D eigenvalue weighted by atomic mass is 35.5. The molecule has 2 heterocycles. The van der Waals surface area contributed by atoms with Gasteiger partial charge in [0, 0.05) is 18.7 Å². The molecule has 0 saturated carbocycles. The molecular formula is C13H11Cl2N3O3. The van der Waals surface area contributed by atoms with Crippen LogP contribution >= 0.6 is 23.2 Å². The third-order valence-electron chi connectivity index (χ3n) is 3.56. The summed E-state index contributed by atoms with van der Waals surface area (Å²) in [7, 11) is 0. The first-order valence-corrected chi connectivity index (χ1v) is 7.07. The fourth-order valence-corrected chi connectivity index (χ4v) is 2.70. The topological polar surface area (TPSA) is 69.7 Å². The van der Waals surface area contributed by atoms with Crippen molar-refractivity contribution < 1.29 is 14.4 Å². The van der Waals surface area contributed by atoms with E-state index in [1.807, 2.05) is 0 Å². The zero-order valence-electron chi connectivity index (χ0n) is 10.8. The van der Waals surface area contributed by atoms with Gasteiger partial charge in [-0.2, -0.15) is 0 Å². The number of hydrogen-bond acceptors (Lipinski definition) is 3. The van der Waals surface area contributed by atoms with Gasteiger partial charge in [0.15, 0.2) is 0 Å². The number of imide groups is 1. The van der Waals surface area contributed by atoms with Crippen LogP contribution in [0.3, 0.4) is 0 Å². The van der Waals surface area contributed by atoms with Crippen LogP contribution < -0.4 is 5.32 Å². The number of hydrogen-bond donors (Lipinski definition) is 1. The molecule has 0 unspecified atom stereocenters. The van der Waals surface area contributed by atoms with Crippen molar-refractivity contribution in [2.24, 2.45) is 0 Å². The molecule has 1 aromatic carbocycles. The quantitative estimate of drug-likeness (QED) is 0.834. The lowest BCUT2D eigenvalue weighted by Gasteiger charge is -2.42. The Balaban J connectivity index is 1.65. The maximum atomic E-state index is 12.2. The Labute approximate surface area is 130 Å². The summed E-state index contributed by atoms with van der Waals surface area (Å²) in [6.45, 7) is 0.687. The summed E-state index contributed by atoms with van der Waals surface area (Å²) in [5.41, 5.74) is 0.431. The van der Waals surface area contributed by atoms with Gasteiger partial charge in [0.1, 0.15) is 0 Å². The van der Waals surface area contributed by atoms with Crippen LogP contribution in [0.15, 0.2) is 18.2 Å². The largest absolute Gasteiger partial charge is 0.334 e. The van der Waals surface area contributed by atoms with Crippen LogP contribution in [0.25, 0.3) is 0 Å². The summed E-state index contributed by atoms with van der Waals surface area (Å²) in [5, 5.41) is 3.16. The van der Waals surface area contributed by atoms with Gasteiger partial charge in [-0.3, -0.25) is 14.5 Å². The Hall–Kier alpha value is -1.79. The van der Waals surface area contributed by atoms with E-state index in [4.69, 9.17) is 23.2 Å². The summed E-state index contributed by atoms with van der Waals surface area (Å²) >= 11 is 11.7. The van der Waals surface area contributed by atoms with E-state index in [1.54, 1.807) is 17.0 Å². The highest BCUT2D eigenvalue weighted by Crippen LogP contribution is 2.25. The van der Waals surface area contributed by atoms with E-state index >= 15 is 0 Å². The number of amides is 4. The number of carbonyl (C=O) groups is 3. The summed E-state index contributed by atoms with van der Waals surface area (Å²) in [5.74, 6) is -0.455. The van der Waals surface area contributed by atoms with Gasteiger partial charge in [-0.1, -0.05) is 23.2 Å². The van der Waals surface area contributed by atoms with E-state index in [0.717, 1.165) is 0 Å². The summed E-state index contributed by atoms with van der Waals surface area (Å²) in [6.07, 6.45) is 0. The maximum absolute atomic E-state index is 12.2. The predicted octanol–water partition coefficient (Wildman–Crippen LogP) is 1.37. The molecule has 0 radical (unpaired) electrons. The Morgan fingerprint density at radius 1 is 1.19 bits per heavy atom. The average molecular weight is 328 g/mol. The molecule has 0 aromatic heterocycles. The number of halogens is 2. The molecule has 2 aliphatic heterocycles. The number of benzene rings is 1. The molecule has 4 amide bonds. The van der Waals surface area contributed by atoms with E-state index in [9.17, 15) is 14.4 Å². The monoisotopic (exact) mass is 327 g/mol. The van der Waals surface area contributed by atoms with E-state index in [0.29, 0.717) is 28.7 Å². The van der Waals surface area contributed by atoms with Gasteiger partial charge in [0.2, 0.25) is 5.91 Å². The zero-order chi connectivity index (χ0) is 15.1. The van der Waals surface area contributed by atoms with E-state index in [1.165, 1.54) is 11.0 Å². The van der Waals surface area contributed by atoms with Gasteiger partial charge in [-0.05, 0) is 18.2 Å². The molecule has 0 spiro atoms. The van der Waals surface area contributed by atoms with Gasteiger partial charge in [0.25, 0.3) is 5.91 Å². The fraction of sp³-hybridized carbons (Fsp3) is 0.308. The molecule has 2 aliphatic rings. The molecule has 0 atom stereocenters. The molecule has 110 valence electrons. The summed E-state index contributed by atoms with van der Waals surface area (Å²) < 4.78 is 0. The lowest BCUT2D eigenvalue weighted by Crippen LogP contribution is -2.62. The molecule has 0 bridgehead atoms. The summed E-state index contributed by atoms with van der Waals surface area (Å²) in [4.78, 5) is 38.0. The Morgan fingerprint density at radius 3 is 2.48 bits per heavy atom. The minimum Gasteiger partial charge on any atom is -0.334 e. The second-order valence-electron chi connectivity index (χ2n) is 4.92. The molecular weight excluding hydrogens is 317 g/mol. The van der Waals surface area contributed by atoms with Crippen LogP contribution in [0.5, 0.6) is 0 Å². The lowest BCUT2D eigenvalue weighted by atomic mass is 10.1. The first-order valence-electron chi connectivity index (χ1n) is 6.31. The number of carbonyl (C=O) groups excluding carboxylic acids is 3. The van der Waals surface area contributed by atoms with Gasteiger partial charge in [-0.15, -0.1) is 0 Å². The van der Waals surface area contributed by atoms with Crippen molar-refractivity contribution in [1.82, 2.24) is 15.1 Å².